The van der Waals surface area contributed by atoms with Crippen molar-refractivity contribution in [3.63, 3.8) is 0 Å². The van der Waals surface area contributed by atoms with E-state index in [0.717, 1.165) is 32.3 Å². The van der Waals surface area contributed by atoms with E-state index in [9.17, 15) is 0 Å². The minimum absolute atomic E-state index is 0.0262. The predicted molar refractivity (Wildman–Crippen MR) is 495 cm³/mol. The van der Waals surface area contributed by atoms with E-state index in [1.54, 1.807) is 0 Å². The lowest BCUT2D eigenvalue weighted by atomic mass is 9.82. The minimum Gasteiger partial charge on any atom is -0.0656 e. The Morgan fingerprint density at radius 2 is 0.393 bits per heavy atom. The third kappa shape index (κ3) is 11.8. The van der Waals surface area contributed by atoms with E-state index in [0.29, 0.717) is 21.5 Å². The van der Waals surface area contributed by atoms with E-state index in [-0.39, 0.29) is 59.5 Å². The van der Waals surface area contributed by atoms with Gasteiger partial charge in [0.1, 0.15) is 0 Å². The van der Waals surface area contributed by atoms with E-state index >= 15 is 0 Å². The smallest absolute Gasteiger partial charge is 0.0656 e. The normalized spacial score (nSPS) is 13.0. The summed E-state index contributed by atoms with van der Waals surface area (Å²) in [6.07, 6.45) is 0. The van der Waals surface area contributed by atoms with E-state index in [4.69, 9.17) is 11.0 Å². The summed E-state index contributed by atoms with van der Waals surface area (Å²) in [6.45, 7) is 12.2. The van der Waals surface area contributed by atoms with Crippen LogP contribution in [-0.4, -0.2) is 16.1 Å². The van der Waals surface area contributed by atoms with Crippen LogP contribution in [0.5, 0.6) is 0 Å². The van der Waals surface area contributed by atoms with Crippen molar-refractivity contribution in [1.82, 2.24) is 0 Å². The van der Waals surface area contributed by atoms with Crippen molar-refractivity contribution in [2.24, 2.45) is 0 Å². The lowest BCUT2D eigenvalue weighted by Gasteiger charge is -2.21. The molecule has 22 aromatic rings. The molecule has 2 heteroatoms. The van der Waals surface area contributed by atoms with Crippen LogP contribution < -0.4 is 10.4 Å². The molecule has 0 aliphatic carbocycles. The zero-order chi connectivity index (χ0) is 82.3. The van der Waals surface area contributed by atoms with Gasteiger partial charge in [-0.2, -0.15) is 0 Å². The van der Waals surface area contributed by atoms with Crippen LogP contribution in [0.15, 0.2) is 388 Å². The summed E-state index contributed by atoms with van der Waals surface area (Å²) in [7, 11) is -4.31. The van der Waals surface area contributed by atoms with Crippen molar-refractivity contribution in [3.05, 3.63) is 388 Å². The van der Waals surface area contributed by atoms with Crippen molar-refractivity contribution in [1.29, 1.82) is 0 Å². The molecule has 0 bridgehead atoms. The molecule has 0 N–H and O–H groups in total. The van der Waals surface area contributed by atoms with Gasteiger partial charge in [-0.05, 0) is 220 Å². The summed E-state index contributed by atoms with van der Waals surface area (Å²) in [5.74, 6) is 0. The molecule has 0 radical (unpaired) electrons. The van der Waals surface area contributed by atoms with Crippen molar-refractivity contribution >= 4 is 145 Å². The molecule has 0 aliphatic heterocycles. The standard InChI is InChI=1S/C40H26.C36H22.C34H34Si2/c1-5-13-27(14-6-1)35-25-36(28-15-7-2-8-16-28)32-23-24-34-38(30-19-11-4-12-20-30)26-37(29-17-9-3-10-18-29)33-22-21-31(35)39(32)40(33)34;1-3-11-27-23(7-1)9-5-13-29(27)31-19-17-25-15-16-26-18-20-32(34-22-21-33(31)35(25)36(26)34)30-14-6-10-24-8-2-4-12-28(24)30;1-35(2,3)27-15-7-23(8-16-27)29-19-11-25-14-22-32-30(24-9-17-28(18-10-24)36(4,5)6)20-12-26-13-21-31(29)33(25)34(26)32/h1-26H;1-22H;7-22H,1-6H3/i;;7D,8D,9D,10D,15D,16D,17D,18D. The van der Waals surface area contributed by atoms with Crippen molar-refractivity contribution in [2.45, 2.75) is 39.3 Å². The Bertz CT molecular complexity index is 7190. The molecule has 0 spiro atoms. The Morgan fingerprint density at radius 3 is 0.705 bits per heavy atom. The molecule has 22 aromatic carbocycles. The molecule has 22 rings (SSSR count). The number of hydrogen-bond acceptors (Lipinski definition) is 0. The average molecular weight is 1470 g/mol. The molecule has 0 aliphatic rings. The molecule has 530 valence electrons. The zero-order valence-corrected chi connectivity index (χ0v) is 65.3. The number of benzene rings is 22. The van der Waals surface area contributed by atoms with Gasteiger partial charge in [-0.25, -0.2) is 0 Å². The molecule has 0 saturated heterocycles. The van der Waals surface area contributed by atoms with Crippen LogP contribution in [0.25, 0.3) is 208 Å². The van der Waals surface area contributed by atoms with Gasteiger partial charge in [0.25, 0.3) is 0 Å². The summed E-state index contributed by atoms with van der Waals surface area (Å²) < 4.78 is 71.2. The highest BCUT2D eigenvalue weighted by Crippen LogP contribution is 2.51. The minimum atomic E-state index is -2.16. The third-order valence-electron chi connectivity index (χ3n) is 23.0. The van der Waals surface area contributed by atoms with Gasteiger partial charge in [0.2, 0.25) is 0 Å². The second-order valence-electron chi connectivity index (χ2n) is 31.8. The van der Waals surface area contributed by atoms with Crippen LogP contribution in [0.4, 0.5) is 0 Å². The van der Waals surface area contributed by atoms with Crippen molar-refractivity contribution in [3.8, 4) is 89.0 Å². The zero-order valence-electron chi connectivity index (χ0n) is 71.3. The first kappa shape index (κ1) is 59.8. The topological polar surface area (TPSA) is 0 Å². The fourth-order valence-corrected chi connectivity index (χ4v) is 19.2. The molecular formula is C110H82Si2. The molecule has 0 fully saturated rings. The lowest BCUT2D eigenvalue weighted by Crippen LogP contribution is -2.37. The predicted octanol–water partition coefficient (Wildman–Crippen LogP) is 30.5. The van der Waals surface area contributed by atoms with E-state index in [2.05, 4.69) is 291 Å². The van der Waals surface area contributed by atoms with E-state index in [1.165, 1.54) is 153 Å². The Labute approximate surface area is 668 Å². The van der Waals surface area contributed by atoms with Crippen molar-refractivity contribution in [2.75, 3.05) is 0 Å². The summed E-state index contributed by atoms with van der Waals surface area (Å²) in [5.41, 5.74) is 17.0. The van der Waals surface area contributed by atoms with Gasteiger partial charge in [-0.1, -0.05) is 426 Å². The first-order valence-electron chi connectivity index (χ1n) is 42.8. The summed E-state index contributed by atoms with van der Waals surface area (Å²) >= 11 is 0. The monoisotopic (exact) mass is 1470 g/mol. The van der Waals surface area contributed by atoms with Crippen LogP contribution in [0, 0.1) is 0 Å². The maximum absolute atomic E-state index is 8.98. The maximum Gasteiger partial charge on any atom is 0.0775 e. The highest BCUT2D eigenvalue weighted by atomic mass is 28.3. The molecule has 0 heterocycles. The van der Waals surface area contributed by atoms with E-state index < -0.39 is 16.1 Å². The Morgan fingerprint density at radius 1 is 0.161 bits per heavy atom. The number of hydrogen-bond donors (Lipinski definition) is 0. The first-order chi connectivity index (χ1) is 58.2. The number of fused-ring (bicyclic) bond motifs is 2. The van der Waals surface area contributed by atoms with Crippen LogP contribution in [-0.2, 0) is 0 Å². The summed E-state index contributed by atoms with van der Waals surface area (Å²) in [4.78, 5) is 0. The molecule has 112 heavy (non-hydrogen) atoms. The molecule has 0 unspecified atom stereocenters. The maximum atomic E-state index is 8.98. The first-order valence-corrected chi connectivity index (χ1v) is 45.8. The van der Waals surface area contributed by atoms with Gasteiger partial charge in [0.15, 0.2) is 0 Å². The second-order valence-corrected chi connectivity index (χ2v) is 41.8. The SMILES string of the molecule is [2H]c1c([2H])c([Si](C)(C)C)c([2H])c([2H])c1-c1ccc2ccc3c(-c4c([2H])c([2H])c([Si](C)(C)C)c([2H])c4[2H])ccc4ccc1c2c43.c1ccc(-c2cc(-c3ccccc3)c3ccc4c(-c5ccccc5)cc(-c5ccccc5)c5ccc2c3c54)cc1.c1ccc2c(-c3ccc4ccc5ccc(-c6cccc7ccccc67)c6ccc3c4c56)cccc2c1. The molecule has 0 atom stereocenters. The van der Waals surface area contributed by atoms with E-state index in [1.807, 2.05) is 87.8 Å². The molecule has 0 nitrogen and oxygen atoms in total. The average Bonchev–Trinajstić information content (AvgIpc) is 0.712. The van der Waals surface area contributed by atoms with Gasteiger partial charge in [-0.3, -0.25) is 0 Å². The van der Waals surface area contributed by atoms with Crippen LogP contribution >= 0.6 is 0 Å². The highest BCUT2D eigenvalue weighted by Gasteiger charge is 2.25. The fourth-order valence-electron chi connectivity index (χ4n) is 17.5. The van der Waals surface area contributed by atoms with Gasteiger partial charge in [-0.15, -0.1) is 0 Å². The summed E-state index contributed by atoms with van der Waals surface area (Å²) in [6, 6.07) is 122. The van der Waals surface area contributed by atoms with Crippen LogP contribution in [0.3, 0.4) is 0 Å². The highest BCUT2D eigenvalue weighted by molar-refractivity contribution is 6.89. The third-order valence-corrected chi connectivity index (χ3v) is 26.5. The molecule has 0 amide bonds. The largest absolute Gasteiger partial charge is 0.0775 e. The number of rotatable bonds is 10. The second kappa shape index (κ2) is 27.5. The molecule has 0 saturated carbocycles. The van der Waals surface area contributed by atoms with Crippen LogP contribution in [0.2, 0.25) is 39.3 Å². The summed E-state index contributed by atoms with van der Waals surface area (Å²) in [5, 5.41) is 27.3. The van der Waals surface area contributed by atoms with Gasteiger partial charge < -0.3 is 0 Å². The Kier molecular flexibility index (Phi) is 14.7. The molecule has 0 aromatic heterocycles. The fraction of sp³-hybridized carbons (Fsp3) is 0.0545. The van der Waals surface area contributed by atoms with Gasteiger partial charge in [0, 0.05) is 0 Å². The lowest BCUT2D eigenvalue weighted by molar-refractivity contribution is 1.62. The molecular weight excluding hydrogens is 1380 g/mol. The Balaban J connectivity index is 0.000000115. The van der Waals surface area contributed by atoms with Crippen molar-refractivity contribution < 1.29 is 11.0 Å². The van der Waals surface area contributed by atoms with Crippen LogP contribution in [0.1, 0.15) is 11.0 Å². The quantitative estimate of drug-likeness (QED) is 0.0946. The van der Waals surface area contributed by atoms with Gasteiger partial charge in [0.05, 0.1) is 27.1 Å². The Hall–Kier alpha value is -13.1. The van der Waals surface area contributed by atoms with Gasteiger partial charge >= 0.3 is 0 Å².